The van der Waals surface area contributed by atoms with Crippen LogP contribution in [0.4, 0.5) is 0 Å². The third kappa shape index (κ3) is 1.07. The summed E-state index contributed by atoms with van der Waals surface area (Å²) in [7, 11) is 0. The lowest BCUT2D eigenvalue weighted by Crippen LogP contribution is -2.29. The first-order chi connectivity index (χ1) is 3.79. The first-order valence-corrected chi connectivity index (χ1v) is 2.30. The summed E-state index contributed by atoms with van der Waals surface area (Å²) in [5.74, 6) is 0. The second-order valence-corrected chi connectivity index (χ2v) is 1.51. The van der Waals surface area contributed by atoms with Gasteiger partial charge >= 0.3 is 0 Å². The van der Waals surface area contributed by atoms with E-state index in [-0.39, 0.29) is 5.15 Å². The summed E-state index contributed by atoms with van der Waals surface area (Å²) in [6.07, 6.45) is 1.21. The van der Waals surface area contributed by atoms with Crippen molar-refractivity contribution in [2.24, 2.45) is 0 Å². The van der Waals surface area contributed by atoms with E-state index in [1.54, 1.807) is 0 Å². The number of rotatable bonds is 0. The Morgan fingerprint density at radius 2 is 2.62 bits per heavy atom. The van der Waals surface area contributed by atoms with Crippen LogP contribution in [0.1, 0.15) is 0 Å². The first kappa shape index (κ1) is 5.31. The molecule has 41 valence electrons. The molecule has 0 amide bonds. The highest BCUT2D eigenvalue weighted by Gasteiger charge is 1.90. The van der Waals surface area contributed by atoms with Gasteiger partial charge in [-0.3, -0.25) is 0 Å². The van der Waals surface area contributed by atoms with E-state index < -0.39 is 0 Å². The minimum Gasteiger partial charge on any atom is -0.594 e. The standard InChI is InChI=1S/C4H2ClN2O/c5-4-2-1-3-7(8)6-4/h1,3H. The molecule has 0 spiro atoms. The van der Waals surface area contributed by atoms with E-state index >= 15 is 0 Å². The fraction of sp³-hybridized carbons (Fsp3) is 0. The van der Waals surface area contributed by atoms with E-state index in [1.165, 1.54) is 12.3 Å². The Morgan fingerprint density at radius 1 is 1.88 bits per heavy atom. The maximum atomic E-state index is 10.2. The van der Waals surface area contributed by atoms with Gasteiger partial charge < -0.3 is 5.21 Å². The van der Waals surface area contributed by atoms with E-state index in [0.717, 1.165) is 0 Å². The topological polar surface area (TPSA) is 39.8 Å². The maximum Gasteiger partial charge on any atom is 0.210 e. The van der Waals surface area contributed by atoms with Gasteiger partial charge in [-0.2, -0.15) is 0 Å². The van der Waals surface area contributed by atoms with Crippen molar-refractivity contribution >= 4 is 11.6 Å². The lowest BCUT2D eigenvalue weighted by molar-refractivity contribution is -0.669. The van der Waals surface area contributed by atoms with Gasteiger partial charge in [0, 0.05) is 17.2 Å². The maximum absolute atomic E-state index is 10.2. The first-order valence-electron chi connectivity index (χ1n) is 1.93. The lowest BCUT2D eigenvalue weighted by Gasteiger charge is -1.87. The molecule has 0 saturated heterocycles. The van der Waals surface area contributed by atoms with Gasteiger partial charge in [-0.1, -0.05) is 16.4 Å². The van der Waals surface area contributed by atoms with Gasteiger partial charge in [-0.25, -0.2) is 0 Å². The highest BCUT2D eigenvalue weighted by Crippen LogP contribution is 1.94. The fourth-order valence-electron chi connectivity index (χ4n) is 0.319. The molecule has 0 bridgehead atoms. The highest BCUT2D eigenvalue weighted by atomic mass is 35.5. The Labute approximate surface area is 51.1 Å². The monoisotopic (exact) mass is 129 g/mol. The Kier molecular flexibility index (Phi) is 1.30. The molecule has 0 aromatic carbocycles. The van der Waals surface area contributed by atoms with E-state index in [4.69, 9.17) is 11.6 Å². The molecule has 8 heavy (non-hydrogen) atoms. The zero-order valence-corrected chi connectivity index (χ0v) is 4.59. The van der Waals surface area contributed by atoms with Crippen molar-refractivity contribution in [3.8, 4) is 0 Å². The molecule has 0 unspecified atom stereocenters. The van der Waals surface area contributed by atoms with Gasteiger partial charge in [-0.15, -0.1) is 0 Å². The molecule has 1 rings (SSSR count). The van der Waals surface area contributed by atoms with Crippen LogP contribution in [0.2, 0.25) is 5.15 Å². The van der Waals surface area contributed by atoms with Gasteiger partial charge in [-0.05, 0) is 0 Å². The average molecular weight is 130 g/mol. The highest BCUT2D eigenvalue weighted by molar-refractivity contribution is 6.29. The Balaban J connectivity index is 3.08. The van der Waals surface area contributed by atoms with Crippen molar-refractivity contribution in [2.45, 2.75) is 0 Å². The van der Waals surface area contributed by atoms with Crippen molar-refractivity contribution in [3.63, 3.8) is 0 Å². The molecule has 0 N–H and O–H groups in total. The number of hydrogen-bond donors (Lipinski definition) is 0. The zero-order valence-electron chi connectivity index (χ0n) is 3.84. The molecule has 0 atom stereocenters. The van der Waals surface area contributed by atoms with E-state index in [0.29, 0.717) is 4.85 Å². The Hall–Kier alpha value is -0.830. The summed E-state index contributed by atoms with van der Waals surface area (Å²) in [6.45, 7) is 0. The second kappa shape index (κ2) is 1.96. The average Bonchev–Trinajstić information content (AvgIpc) is 1.64. The summed E-state index contributed by atoms with van der Waals surface area (Å²) in [5, 5.41) is 13.5. The van der Waals surface area contributed by atoms with Crippen molar-refractivity contribution < 1.29 is 4.85 Å². The van der Waals surface area contributed by atoms with Crippen LogP contribution in [0.5, 0.6) is 0 Å². The van der Waals surface area contributed by atoms with Crippen LogP contribution in [0.3, 0.4) is 0 Å². The van der Waals surface area contributed by atoms with E-state index in [2.05, 4.69) is 11.2 Å². The van der Waals surface area contributed by atoms with Crippen LogP contribution < -0.4 is 4.85 Å². The molecule has 0 fully saturated rings. The number of hydrogen-bond acceptors (Lipinski definition) is 2. The van der Waals surface area contributed by atoms with Gasteiger partial charge in [0.05, 0.1) is 0 Å². The third-order valence-electron chi connectivity index (χ3n) is 0.591. The quantitative estimate of drug-likeness (QED) is 0.370. The van der Waals surface area contributed by atoms with Gasteiger partial charge in [0.2, 0.25) is 11.3 Å². The normalized spacial score (nSPS) is 9.12. The van der Waals surface area contributed by atoms with Crippen LogP contribution in [-0.2, 0) is 0 Å². The van der Waals surface area contributed by atoms with E-state index in [9.17, 15) is 5.21 Å². The smallest absolute Gasteiger partial charge is 0.210 e. The molecule has 4 heteroatoms. The molecular weight excluding hydrogens is 128 g/mol. The summed E-state index contributed by atoms with van der Waals surface area (Å²) in [4.78, 5) is 0.374. The van der Waals surface area contributed by atoms with Crippen LogP contribution in [0.25, 0.3) is 0 Å². The largest absolute Gasteiger partial charge is 0.594 e. The van der Waals surface area contributed by atoms with Gasteiger partial charge in [0.1, 0.15) is 0 Å². The lowest BCUT2D eigenvalue weighted by atomic mass is 10.6. The number of aromatic nitrogens is 2. The SMILES string of the molecule is [O-][n+]1cc[c]c(Cl)n1. The van der Waals surface area contributed by atoms with Crippen molar-refractivity contribution in [1.29, 1.82) is 0 Å². The van der Waals surface area contributed by atoms with Crippen LogP contribution >= 0.6 is 11.6 Å². The zero-order chi connectivity index (χ0) is 5.98. The molecular formula is C4H2ClN2O. The van der Waals surface area contributed by atoms with Crippen molar-refractivity contribution in [3.05, 3.63) is 28.7 Å². The van der Waals surface area contributed by atoms with Crippen LogP contribution in [0.15, 0.2) is 12.3 Å². The van der Waals surface area contributed by atoms with E-state index in [1.807, 2.05) is 0 Å². The molecule has 1 aromatic heterocycles. The van der Waals surface area contributed by atoms with Gasteiger partial charge in [0.15, 0.2) is 0 Å². The van der Waals surface area contributed by atoms with Crippen LogP contribution in [0, 0.1) is 11.3 Å². The number of nitrogens with zero attached hydrogens (tertiary/aromatic N) is 2. The molecule has 0 aliphatic carbocycles. The van der Waals surface area contributed by atoms with Crippen molar-refractivity contribution in [2.75, 3.05) is 0 Å². The fourth-order valence-corrected chi connectivity index (χ4v) is 0.456. The third-order valence-corrected chi connectivity index (χ3v) is 0.776. The minimum atomic E-state index is 0.0856. The molecule has 1 heterocycles. The van der Waals surface area contributed by atoms with Gasteiger partial charge in [0.25, 0.3) is 0 Å². The summed E-state index contributed by atoms with van der Waals surface area (Å²) in [5.41, 5.74) is 0. The summed E-state index contributed by atoms with van der Waals surface area (Å²) >= 11 is 5.26. The molecule has 0 aliphatic rings. The Morgan fingerprint density at radius 3 is 3.00 bits per heavy atom. The summed E-state index contributed by atoms with van der Waals surface area (Å²) < 4.78 is 0. The van der Waals surface area contributed by atoms with Crippen LogP contribution in [-0.4, -0.2) is 5.10 Å². The predicted molar refractivity (Wildman–Crippen MR) is 27.0 cm³/mol. The molecule has 3 nitrogen and oxygen atoms in total. The number of halogens is 1. The molecule has 0 aliphatic heterocycles. The molecule has 0 saturated carbocycles. The molecule has 1 radical (unpaired) electrons. The molecule has 1 aromatic rings. The predicted octanol–water partition coefficient (Wildman–Crippen LogP) is 0.169. The second-order valence-electron chi connectivity index (χ2n) is 1.15. The Bertz CT molecular complexity index is 174. The minimum absolute atomic E-state index is 0.0856. The van der Waals surface area contributed by atoms with Crippen molar-refractivity contribution in [1.82, 2.24) is 5.10 Å². The summed E-state index contributed by atoms with van der Waals surface area (Å²) in [6, 6.07) is 3.91.